The third kappa shape index (κ3) is 4.29. The van der Waals surface area contributed by atoms with E-state index in [-0.39, 0.29) is 11.9 Å². The first-order valence-corrected chi connectivity index (χ1v) is 10.6. The van der Waals surface area contributed by atoms with Crippen LogP contribution < -0.4 is 0 Å². The molecule has 1 fully saturated rings. The summed E-state index contributed by atoms with van der Waals surface area (Å²) in [5.41, 5.74) is 2.66. The van der Waals surface area contributed by atoms with Crippen LogP contribution in [0.3, 0.4) is 0 Å². The molecule has 1 atom stereocenters. The fraction of sp³-hybridized carbons (Fsp3) is 0.200. The van der Waals surface area contributed by atoms with Crippen molar-refractivity contribution in [1.29, 1.82) is 0 Å². The summed E-state index contributed by atoms with van der Waals surface area (Å²) in [6, 6.07) is 23.2. The van der Waals surface area contributed by atoms with E-state index in [4.69, 9.17) is 4.52 Å². The molecule has 0 aliphatic carbocycles. The quantitative estimate of drug-likeness (QED) is 0.484. The highest BCUT2D eigenvalue weighted by Crippen LogP contribution is 2.28. The number of amides is 1. The first-order chi connectivity index (χ1) is 15.8. The van der Waals surface area contributed by atoms with Crippen molar-refractivity contribution in [2.45, 2.75) is 12.6 Å². The van der Waals surface area contributed by atoms with Crippen molar-refractivity contribution in [2.75, 3.05) is 19.6 Å². The first kappa shape index (κ1) is 20.1. The first-order valence-electron chi connectivity index (χ1n) is 10.6. The Morgan fingerprint density at radius 1 is 0.969 bits per heavy atom. The lowest BCUT2D eigenvalue weighted by molar-refractivity contribution is 0.0357. The summed E-state index contributed by atoms with van der Waals surface area (Å²) in [7, 11) is 0. The largest absolute Gasteiger partial charge is 0.337 e. The predicted molar refractivity (Wildman–Crippen MR) is 119 cm³/mol. The molecule has 1 aliphatic rings. The Kier molecular flexibility index (Phi) is 5.72. The normalized spacial score (nSPS) is 16.8. The van der Waals surface area contributed by atoms with Gasteiger partial charge >= 0.3 is 0 Å². The van der Waals surface area contributed by atoms with E-state index in [2.05, 4.69) is 32.2 Å². The second-order valence-corrected chi connectivity index (χ2v) is 7.80. The van der Waals surface area contributed by atoms with E-state index in [1.165, 1.54) is 5.56 Å². The molecule has 5 rings (SSSR count). The monoisotopic (exact) mass is 425 g/mol. The SMILES string of the molecule is O=C(c1cccnc1)N1CCN(Cc2ccccc2)CC1c1nc(-c2ccccc2)no1. The highest BCUT2D eigenvalue weighted by molar-refractivity contribution is 5.94. The molecule has 1 aliphatic heterocycles. The molecule has 0 spiro atoms. The number of nitrogens with zero attached hydrogens (tertiary/aromatic N) is 5. The number of pyridine rings is 1. The molecule has 7 nitrogen and oxygen atoms in total. The van der Waals surface area contributed by atoms with Gasteiger partial charge in [-0.2, -0.15) is 4.98 Å². The molecule has 32 heavy (non-hydrogen) atoms. The van der Waals surface area contributed by atoms with Crippen molar-refractivity contribution in [2.24, 2.45) is 0 Å². The molecular weight excluding hydrogens is 402 g/mol. The van der Waals surface area contributed by atoms with Crippen LogP contribution in [0.1, 0.15) is 27.9 Å². The number of hydrogen-bond donors (Lipinski definition) is 0. The Balaban J connectivity index is 1.43. The van der Waals surface area contributed by atoms with E-state index in [0.29, 0.717) is 30.4 Å². The summed E-state index contributed by atoms with van der Waals surface area (Å²) in [6.45, 7) is 2.73. The number of benzene rings is 2. The third-order valence-corrected chi connectivity index (χ3v) is 5.64. The van der Waals surface area contributed by atoms with E-state index >= 15 is 0 Å². The van der Waals surface area contributed by atoms with Crippen LogP contribution in [0.15, 0.2) is 89.7 Å². The van der Waals surface area contributed by atoms with Crippen LogP contribution in [0.2, 0.25) is 0 Å². The molecule has 1 saturated heterocycles. The molecule has 2 aromatic heterocycles. The van der Waals surface area contributed by atoms with E-state index in [9.17, 15) is 4.79 Å². The van der Waals surface area contributed by atoms with Gasteiger partial charge < -0.3 is 9.42 Å². The lowest BCUT2D eigenvalue weighted by Crippen LogP contribution is -2.50. The smallest absolute Gasteiger partial charge is 0.256 e. The second-order valence-electron chi connectivity index (χ2n) is 7.80. The lowest BCUT2D eigenvalue weighted by Gasteiger charge is -2.39. The number of rotatable bonds is 5. The fourth-order valence-electron chi connectivity index (χ4n) is 4.01. The fourth-order valence-corrected chi connectivity index (χ4v) is 4.01. The maximum absolute atomic E-state index is 13.3. The highest BCUT2D eigenvalue weighted by atomic mass is 16.5. The van der Waals surface area contributed by atoms with Gasteiger partial charge in [-0.25, -0.2) is 0 Å². The zero-order valence-corrected chi connectivity index (χ0v) is 17.5. The Labute approximate surface area is 186 Å². The molecule has 0 saturated carbocycles. The Hall–Kier alpha value is -3.84. The standard InChI is InChI=1S/C25H23N5O2/c31-25(21-12-7-13-26-16-21)30-15-14-29(17-19-8-3-1-4-9-19)18-22(30)24-27-23(28-32-24)20-10-5-2-6-11-20/h1-13,16,22H,14-15,17-18H2. The molecule has 3 heterocycles. The van der Waals surface area contributed by atoms with E-state index in [1.807, 2.05) is 53.4 Å². The second kappa shape index (κ2) is 9.11. The third-order valence-electron chi connectivity index (χ3n) is 5.64. The zero-order chi connectivity index (χ0) is 21.8. The van der Waals surface area contributed by atoms with Crippen LogP contribution in [0.5, 0.6) is 0 Å². The van der Waals surface area contributed by atoms with Crippen molar-refractivity contribution in [3.05, 3.63) is 102 Å². The summed E-state index contributed by atoms with van der Waals surface area (Å²) < 4.78 is 5.68. The van der Waals surface area contributed by atoms with Crippen LogP contribution in [0.4, 0.5) is 0 Å². The molecule has 4 aromatic rings. The van der Waals surface area contributed by atoms with E-state index < -0.39 is 0 Å². The summed E-state index contributed by atoms with van der Waals surface area (Å²) in [5.74, 6) is 0.885. The van der Waals surface area contributed by atoms with Crippen molar-refractivity contribution in [3.63, 3.8) is 0 Å². The maximum Gasteiger partial charge on any atom is 0.256 e. The average molecular weight is 425 g/mol. The Morgan fingerprint density at radius 2 is 1.75 bits per heavy atom. The van der Waals surface area contributed by atoms with Gasteiger partial charge in [0.2, 0.25) is 5.82 Å². The number of hydrogen-bond acceptors (Lipinski definition) is 6. The van der Waals surface area contributed by atoms with Crippen LogP contribution >= 0.6 is 0 Å². The topological polar surface area (TPSA) is 75.4 Å². The molecule has 160 valence electrons. The van der Waals surface area contributed by atoms with Gasteiger partial charge in [0.05, 0.1) is 5.56 Å². The molecule has 2 aromatic carbocycles. The molecule has 1 amide bonds. The number of carbonyl (C=O) groups is 1. The zero-order valence-electron chi connectivity index (χ0n) is 17.5. The van der Waals surface area contributed by atoms with Crippen molar-refractivity contribution >= 4 is 5.91 Å². The van der Waals surface area contributed by atoms with Gasteiger partial charge in [-0.1, -0.05) is 65.8 Å². The minimum atomic E-state index is -0.342. The number of piperazine rings is 1. The lowest BCUT2D eigenvalue weighted by atomic mass is 10.1. The molecule has 7 heteroatoms. The minimum absolute atomic E-state index is 0.0816. The van der Waals surface area contributed by atoms with Crippen molar-refractivity contribution in [3.8, 4) is 11.4 Å². The van der Waals surface area contributed by atoms with E-state index in [1.54, 1.807) is 24.5 Å². The molecule has 0 N–H and O–H groups in total. The average Bonchev–Trinajstić information content (AvgIpc) is 3.36. The van der Waals surface area contributed by atoms with Gasteiger partial charge in [0.15, 0.2) is 0 Å². The molecule has 1 unspecified atom stereocenters. The summed E-state index contributed by atoms with van der Waals surface area (Å²) >= 11 is 0. The summed E-state index contributed by atoms with van der Waals surface area (Å²) in [4.78, 5) is 26.2. The van der Waals surface area contributed by atoms with Crippen LogP contribution in [-0.2, 0) is 6.54 Å². The van der Waals surface area contributed by atoms with E-state index in [0.717, 1.165) is 18.7 Å². The summed E-state index contributed by atoms with van der Waals surface area (Å²) in [6.07, 6.45) is 3.26. The van der Waals surface area contributed by atoms with Gasteiger partial charge in [0.1, 0.15) is 6.04 Å². The van der Waals surface area contributed by atoms with Gasteiger partial charge in [-0.15, -0.1) is 0 Å². The van der Waals surface area contributed by atoms with Gasteiger partial charge in [0, 0.05) is 44.1 Å². The highest BCUT2D eigenvalue weighted by Gasteiger charge is 2.36. The Bertz CT molecular complexity index is 1160. The van der Waals surface area contributed by atoms with Crippen LogP contribution in [-0.4, -0.2) is 50.5 Å². The maximum atomic E-state index is 13.3. The van der Waals surface area contributed by atoms with Gasteiger partial charge in [-0.05, 0) is 17.7 Å². The van der Waals surface area contributed by atoms with Crippen molar-refractivity contribution in [1.82, 2.24) is 24.9 Å². The van der Waals surface area contributed by atoms with Crippen molar-refractivity contribution < 1.29 is 9.32 Å². The molecule has 0 bridgehead atoms. The Morgan fingerprint density at radius 3 is 2.50 bits per heavy atom. The summed E-state index contributed by atoms with van der Waals surface area (Å²) in [5, 5.41) is 4.18. The molecular formula is C25H23N5O2. The number of carbonyl (C=O) groups excluding carboxylic acids is 1. The van der Waals surface area contributed by atoms with Gasteiger partial charge in [0.25, 0.3) is 11.8 Å². The number of aromatic nitrogens is 3. The van der Waals surface area contributed by atoms with Gasteiger partial charge in [-0.3, -0.25) is 14.7 Å². The van der Waals surface area contributed by atoms with Crippen LogP contribution in [0.25, 0.3) is 11.4 Å². The minimum Gasteiger partial charge on any atom is -0.337 e. The predicted octanol–water partition coefficient (Wildman–Crippen LogP) is 3.83. The van der Waals surface area contributed by atoms with Crippen LogP contribution in [0, 0.1) is 0 Å². The molecule has 0 radical (unpaired) electrons.